The average molecular weight is 238 g/mol. The Bertz CT molecular complexity index is 437. The van der Waals surface area contributed by atoms with E-state index in [-0.39, 0.29) is 23.7 Å². The molecule has 4 nitrogen and oxygen atoms in total. The molecular weight excluding hydrogens is 223 g/mol. The van der Waals surface area contributed by atoms with Crippen LogP contribution in [0.5, 0.6) is 5.75 Å². The van der Waals surface area contributed by atoms with Crippen molar-refractivity contribution in [2.45, 2.75) is 19.0 Å². The number of carbonyl (C=O) groups is 1. The molecular formula is C12H15FN2O2. The van der Waals surface area contributed by atoms with E-state index < -0.39 is 5.82 Å². The van der Waals surface area contributed by atoms with Gasteiger partial charge in [0.2, 0.25) is 5.91 Å². The third-order valence-corrected chi connectivity index (χ3v) is 2.90. The summed E-state index contributed by atoms with van der Waals surface area (Å²) < 4.78 is 18.6. The van der Waals surface area contributed by atoms with E-state index in [1.165, 1.54) is 13.2 Å². The smallest absolute Gasteiger partial charge is 0.236 e. The molecule has 1 aliphatic rings. The second kappa shape index (κ2) is 4.71. The van der Waals surface area contributed by atoms with Gasteiger partial charge in [-0.3, -0.25) is 10.1 Å². The number of rotatable bonds is 2. The SMILES string of the molecule is COc1c(F)cccc1C1CNC(=O)C(C)N1. The Morgan fingerprint density at radius 3 is 2.88 bits per heavy atom. The number of ether oxygens (including phenoxy) is 1. The number of halogens is 1. The van der Waals surface area contributed by atoms with Gasteiger partial charge in [-0.15, -0.1) is 0 Å². The van der Waals surface area contributed by atoms with Gasteiger partial charge in [0, 0.05) is 12.1 Å². The van der Waals surface area contributed by atoms with Gasteiger partial charge in [-0.05, 0) is 13.0 Å². The van der Waals surface area contributed by atoms with E-state index in [0.29, 0.717) is 6.54 Å². The van der Waals surface area contributed by atoms with Crippen LogP contribution in [0.3, 0.4) is 0 Å². The lowest BCUT2D eigenvalue weighted by Crippen LogP contribution is -2.52. The fourth-order valence-corrected chi connectivity index (χ4v) is 2.01. The summed E-state index contributed by atoms with van der Waals surface area (Å²) in [5, 5.41) is 5.90. The van der Waals surface area contributed by atoms with Gasteiger partial charge < -0.3 is 10.1 Å². The number of nitrogens with one attached hydrogen (secondary N) is 2. The lowest BCUT2D eigenvalue weighted by molar-refractivity contribution is -0.124. The molecule has 0 radical (unpaired) electrons. The molecule has 0 aliphatic carbocycles. The van der Waals surface area contributed by atoms with E-state index in [0.717, 1.165) is 5.56 Å². The molecule has 1 aliphatic heterocycles. The molecule has 1 saturated heterocycles. The topological polar surface area (TPSA) is 50.4 Å². The van der Waals surface area contributed by atoms with Crippen molar-refractivity contribution in [1.82, 2.24) is 10.6 Å². The summed E-state index contributed by atoms with van der Waals surface area (Å²) in [6, 6.07) is 4.36. The summed E-state index contributed by atoms with van der Waals surface area (Å²) in [5.74, 6) is -0.207. The van der Waals surface area contributed by atoms with Crippen molar-refractivity contribution in [3.8, 4) is 5.75 Å². The largest absolute Gasteiger partial charge is 0.493 e. The molecule has 1 amide bonds. The van der Waals surface area contributed by atoms with Gasteiger partial charge in [-0.2, -0.15) is 0 Å². The van der Waals surface area contributed by atoms with Crippen LogP contribution in [0.25, 0.3) is 0 Å². The van der Waals surface area contributed by atoms with E-state index in [2.05, 4.69) is 10.6 Å². The standard InChI is InChI=1S/C12H15FN2O2/c1-7-12(16)14-6-10(15-7)8-4-3-5-9(13)11(8)17-2/h3-5,7,10,15H,6H2,1-2H3,(H,14,16). The fourth-order valence-electron chi connectivity index (χ4n) is 2.01. The van der Waals surface area contributed by atoms with Gasteiger partial charge in [0.1, 0.15) is 0 Å². The molecule has 2 N–H and O–H groups in total. The van der Waals surface area contributed by atoms with Crippen LogP contribution in [-0.2, 0) is 4.79 Å². The minimum atomic E-state index is -0.392. The Hall–Kier alpha value is -1.62. The molecule has 2 atom stereocenters. The van der Waals surface area contributed by atoms with Gasteiger partial charge >= 0.3 is 0 Å². The molecule has 2 unspecified atom stereocenters. The second-order valence-corrected chi connectivity index (χ2v) is 4.05. The fraction of sp³-hybridized carbons (Fsp3) is 0.417. The average Bonchev–Trinajstić information content (AvgIpc) is 2.32. The van der Waals surface area contributed by atoms with E-state index >= 15 is 0 Å². The number of carbonyl (C=O) groups excluding carboxylic acids is 1. The maximum Gasteiger partial charge on any atom is 0.236 e. The van der Waals surface area contributed by atoms with Crippen LogP contribution in [0.15, 0.2) is 18.2 Å². The first-order valence-corrected chi connectivity index (χ1v) is 5.49. The maximum atomic E-state index is 13.5. The van der Waals surface area contributed by atoms with Crippen molar-refractivity contribution in [2.24, 2.45) is 0 Å². The number of piperazine rings is 1. The van der Waals surface area contributed by atoms with Gasteiger partial charge in [0.25, 0.3) is 0 Å². The molecule has 1 heterocycles. The zero-order chi connectivity index (χ0) is 12.4. The minimum Gasteiger partial charge on any atom is -0.493 e. The Kier molecular flexibility index (Phi) is 3.28. The van der Waals surface area contributed by atoms with Gasteiger partial charge in [0.15, 0.2) is 11.6 Å². The predicted octanol–water partition coefficient (Wildman–Crippen LogP) is 0.983. The van der Waals surface area contributed by atoms with Crippen molar-refractivity contribution in [3.05, 3.63) is 29.6 Å². The van der Waals surface area contributed by atoms with Crippen LogP contribution in [0.4, 0.5) is 4.39 Å². The first-order chi connectivity index (χ1) is 8.13. The quantitative estimate of drug-likeness (QED) is 0.807. The highest BCUT2D eigenvalue weighted by Crippen LogP contribution is 2.28. The van der Waals surface area contributed by atoms with Crippen molar-refractivity contribution < 1.29 is 13.9 Å². The molecule has 0 bridgehead atoms. The summed E-state index contributed by atoms with van der Waals surface area (Å²) in [5.41, 5.74) is 0.722. The number of para-hydroxylation sites is 1. The molecule has 0 saturated carbocycles. The lowest BCUT2D eigenvalue weighted by atomic mass is 10.0. The van der Waals surface area contributed by atoms with E-state index in [4.69, 9.17) is 4.74 Å². The van der Waals surface area contributed by atoms with Crippen LogP contribution in [0.1, 0.15) is 18.5 Å². The third-order valence-electron chi connectivity index (χ3n) is 2.90. The molecule has 17 heavy (non-hydrogen) atoms. The zero-order valence-corrected chi connectivity index (χ0v) is 9.79. The highest BCUT2D eigenvalue weighted by Gasteiger charge is 2.27. The molecule has 1 fully saturated rings. The Morgan fingerprint density at radius 2 is 2.24 bits per heavy atom. The van der Waals surface area contributed by atoms with Crippen molar-refractivity contribution in [3.63, 3.8) is 0 Å². The lowest BCUT2D eigenvalue weighted by Gasteiger charge is -2.30. The zero-order valence-electron chi connectivity index (χ0n) is 9.79. The molecule has 0 aromatic heterocycles. The van der Waals surface area contributed by atoms with E-state index in [1.807, 2.05) is 0 Å². The summed E-state index contributed by atoms with van der Waals surface area (Å²) in [7, 11) is 1.44. The van der Waals surface area contributed by atoms with Crippen molar-refractivity contribution in [2.75, 3.05) is 13.7 Å². The number of amides is 1. The number of hydrogen-bond acceptors (Lipinski definition) is 3. The molecule has 1 aromatic carbocycles. The van der Waals surface area contributed by atoms with Crippen LogP contribution < -0.4 is 15.4 Å². The highest BCUT2D eigenvalue weighted by atomic mass is 19.1. The summed E-state index contributed by atoms with van der Waals surface area (Å²) in [6.45, 7) is 2.20. The maximum absolute atomic E-state index is 13.5. The first kappa shape index (κ1) is 11.9. The Morgan fingerprint density at radius 1 is 1.47 bits per heavy atom. The van der Waals surface area contributed by atoms with E-state index in [1.54, 1.807) is 19.1 Å². The van der Waals surface area contributed by atoms with Crippen molar-refractivity contribution in [1.29, 1.82) is 0 Å². The summed E-state index contributed by atoms with van der Waals surface area (Å²) in [6.07, 6.45) is 0. The summed E-state index contributed by atoms with van der Waals surface area (Å²) in [4.78, 5) is 11.3. The van der Waals surface area contributed by atoms with E-state index in [9.17, 15) is 9.18 Å². The predicted molar refractivity (Wildman–Crippen MR) is 61.3 cm³/mol. The van der Waals surface area contributed by atoms with Gasteiger partial charge in [0.05, 0.1) is 19.2 Å². The van der Waals surface area contributed by atoms with Gasteiger partial charge in [-0.1, -0.05) is 12.1 Å². The number of hydrogen-bond donors (Lipinski definition) is 2. The van der Waals surface area contributed by atoms with Crippen LogP contribution in [-0.4, -0.2) is 25.6 Å². The van der Waals surface area contributed by atoms with Crippen LogP contribution >= 0.6 is 0 Å². The van der Waals surface area contributed by atoms with Crippen LogP contribution in [0, 0.1) is 5.82 Å². The molecule has 1 aromatic rings. The highest BCUT2D eigenvalue weighted by molar-refractivity contribution is 5.82. The normalized spacial score (nSPS) is 24.3. The summed E-state index contributed by atoms with van der Waals surface area (Å²) >= 11 is 0. The number of methoxy groups -OCH3 is 1. The molecule has 5 heteroatoms. The molecule has 2 rings (SSSR count). The Balaban J connectivity index is 2.28. The first-order valence-electron chi connectivity index (χ1n) is 5.49. The second-order valence-electron chi connectivity index (χ2n) is 4.05. The molecule has 0 spiro atoms. The molecule has 92 valence electrons. The minimum absolute atomic E-state index is 0.0448. The van der Waals surface area contributed by atoms with Crippen molar-refractivity contribution >= 4 is 5.91 Å². The monoisotopic (exact) mass is 238 g/mol. The van der Waals surface area contributed by atoms with Crippen LogP contribution in [0.2, 0.25) is 0 Å². The van der Waals surface area contributed by atoms with Gasteiger partial charge in [-0.25, -0.2) is 4.39 Å². The third kappa shape index (κ3) is 2.24. The number of benzene rings is 1. The Labute approximate surface area is 99.2 Å².